The van der Waals surface area contributed by atoms with Crippen LogP contribution in [0, 0.1) is 5.92 Å². The van der Waals surface area contributed by atoms with Crippen molar-refractivity contribution in [1.29, 1.82) is 0 Å². The molecule has 2 N–H and O–H groups in total. The lowest BCUT2D eigenvalue weighted by Gasteiger charge is -2.28. The Kier molecular flexibility index (Phi) is 3.22. The summed E-state index contributed by atoms with van der Waals surface area (Å²) in [6.45, 7) is 1.89. The van der Waals surface area contributed by atoms with Crippen molar-refractivity contribution in [2.45, 2.75) is 31.7 Å². The van der Waals surface area contributed by atoms with Gasteiger partial charge in [0, 0.05) is 12.4 Å². The summed E-state index contributed by atoms with van der Waals surface area (Å²) in [5.41, 5.74) is 1.09. The number of pyridine rings is 1. The van der Waals surface area contributed by atoms with Crippen LogP contribution in [-0.2, 0) is 11.2 Å². The molecule has 106 valence electrons. The smallest absolute Gasteiger partial charge is 0.226 e. The molecule has 0 aliphatic heterocycles. The minimum Gasteiger partial charge on any atom is -0.394 e. The minimum atomic E-state index is -0.490. The Hall–Kier alpha value is -1.88. The molecule has 3 rings (SSSR count). The largest absolute Gasteiger partial charge is 0.394 e. The molecule has 2 aromatic heterocycles. The molecular weight excluding hydrogens is 254 g/mol. The van der Waals surface area contributed by atoms with Crippen LogP contribution in [0.1, 0.15) is 25.5 Å². The van der Waals surface area contributed by atoms with Crippen LogP contribution in [0.25, 0.3) is 5.65 Å². The first-order valence-corrected chi connectivity index (χ1v) is 6.95. The second-order valence-corrected chi connectivity index (χ2v) is 5.77. The maximum atomic E-state index is 12.1. The zero-order chi connectivity index (χ0) is 14.2. The first-order chi connectivity index (χ1) is 9.60. The molecule has 5 heteroatoms. The molecule has 1 atom stereocenters. The molecule has 0 bridgehead atoms. The van der Waals surface area contributed by atoms with Crippen LogP contribution < -0.4 is 5.32 Å². The van der Waals surface area contributed by atoms with Crippen LogP contribution in [0.4, 0.5) is 0 Å². The SMILES string of the molecule is CC(CO)(NC(=O)Cc1cn2ccccc2n1)C1CC1. The van der Waals surface area contributed by atoms with E-state index >= 15 is 0 Å². The molecule has 1 amide bonds. The Morgan fingerprint density at radius 2 is 2.35 bits per heavy atom. The molecule has 2 aromatic rings. The number of carbonyl (C=O) groups excluding carboxylic acids is 1. The maximum Gasteiger partial charge on any atom is 0.226 e. The van der Waals surface area contributed by atoms with Gasteiger partial charge in [-0.25, -0.2) is 4.98 Å². The van der Waals surface area contributed by atoms with E-state index in [0.717, 1.165) is 24.2 Å². The number of nitrogens with zero attached hydrogens (tertiary/aromatic N) is 2. The number of carbonyl (C=O) groups is 1. The number of amides is 1. The average Bonchev–Trinajstić information content (AvgIpc) is 3.20. The van der Waals surface area contributed by atoms with Gasteiger partial charge in [0.25, 0.3) is 0 Å². The molecule has 1 aliphatic rings. The number of hydrogen-bond donors (Lipinski definition) is 2. The lowest BCUT2D eigenvalue weighted by atomic mass is 9.96. The first-order valence-electron chi connectivity index (χ1n) is 6.95. The van der Waals surface area contributed by atoms with E-state index in [9.17, 15) is 9.90 Å². The Bertz CT molecular complexity index is 600. The van der Waals surface area contributed by atoms with Crippen molar-refractivity contribution in [1.82, 2.24) is 14.7 Å². The summed E-state index contributed by atoms with van der Waals surface area (Å²) in [7, 11) is 0. The molecule has 0 saturated heterocycles. The average molecular weight is 273 g/mol. The Morgan fingerprint density at radius 3 is 3.00 bits per heavy atom. The Morgan fingerprint density at radius 1 is 1.55 bits per heavy atom. The van der Waals surface area contributed by atoms with Gasteiger partial charge in [-0.3, -0.25) is 4.79 Å². The summed E-state index contributed by atoms with van der Waals surface area (Å²) in [6.07, 6.45) is 6.16. The number of fused-ring (bicyclic) bond motifs is 1. The van der Waals surface area contributed by atoms with Gasteiger partial charge in [0.2, 0.25) is 5.91 Å². The lowest BCUT2D eigenvalue weighted by Crippen LogP contribution is -2.51. The first kappa shape index (κ1) is 13.1. The van der Waals surface area contributed by atoms with Crippen molar-refractivity contribution < 1.29 is 9.90 Å². The van der Waals surface area contributed by atoms with Crippen molar-refractivity contribution in [3.05, 3.63) is 36.3 Å². The molecule has 0 spiro atoms. The number of imidazole rings is 1. The lowest BCUT2D eigenvalue weighted by molar-refractivity contribution is -0.123. The monoisotopic (exact) mass is 273 g/mol. The van der Waals surface area contributed by atoms with E-state index in [4.69, 9.17) is 0 Å². The standard InChI is InChI=1S/C15H19N3O2/c1-15(10-19,11-5-6-11)17-14(20)8-12-9-18-7-3-2-4-13(18)16-12/h2-4,7,9,11,19H,5-6,8,10H2,1H3,(H,17,20). The van der Waals surface area contributed by atoms with Crippen LogP contribution >= 0.6 is 0 Å². The number of nitrogens with one attached hydrogen (secondary N) is 1. The number of aromatic nitrogens is 2. The van der Waals surface area contributed by atoms with Gasteiger partial charge in [-0.1, -0.05) is 6.07 Å². The van der Waals surface area contributed by atoms with Crippen LogP contribution in [0.3, 0.4) is 0 Å². The fourth-order valence-electron chi connectivity index (χ4n) is 2.59. The normalized spacial score (nSPS) is 17.9. The number of aliphatic hydroxyl groups excluding tert-OH is 1. The van der Waals surface area contributed by atoms with Crippen LogP contribution in [-0.4, -0.2) is 32.5 Å². The summed E-state index contributed by atoms with van der Waals surface area (Å²) >= 11 is 0. The van der Waals surface area contributed by atoms with Gasteiger partial charge in [-0.05, 0) is 37.8 Å². The van der Waals surface area contributed by atoms with Crippen molar-refractivity contribution in [2.24, 2.45) is 5.92 Å². The van der Waals surface area contributed by atoms with Gasteiger partial charge in [-0.2, -0.15) is 0 Å². The molecular formula is C15H19N3O2. The van der Waals surface area contributed by atoms with Crippen LogP contribution in [0.5, 0.6) is 0 Å². The van der Waals surface area contributed by atoms with Crippen molar-refractivity contribution in [3.63, 3.8) is 0 Å². The van der Waals surface area contributed by atoms with Gasteiger partial charge in [-0.15, -0.1) is 0 Å². The van der Waals surface area contributed by atoms with Crippen LogP contribution in [0.2, 0.25) is 0 Å². The Balaban J connectivity index is 1.69. The highest BCUT2D eigenvalue weighted by atomic mass is 16.3. The second-order valence-electron chi connectivity index (χ2n) is 5.77. The molecule has 5 nitrogen and oxygen atoms in total. The molecule has 2 heterocycles. The summed E-state index contributed by atoms with van der Waals surface area (Å²) < 4.78 is 1.90. The third-order valence-electron chi connectivity index (χ3n) is 3.99. The zero-order valence-electron chi connectivity index (χ0n) is 11.5. The summed E-state index contributed by atoms with van der Waals surface area (Å²) in [5.74, 6) is 0.314. The molecule has 1 aliphatic carbocycles. The predicted molar refractivity (Wildman–Crippen MR) is 75.3 cm³/mol. The fourth-order valence-corrected chi connectivity index (χ4v) is 2.59. The highest BCUT2D eigenvalue weighted by Crippen LogP contribution is 2.39. The minimum absolute atomic E-state index is 0.0193. The van der Waals surface area contributed by atoms with E-state index < -0.39 is 5.54 Å². The van der Waals surface area contributed by atoms with E-state index in [1.165, 1.54) is 0 Å². The summed E-state index contributed by atoms with van der Waals surface area (Å²) in [5, 5.41) is 12.5. The zero-order valence-corrected chi connectivity index (χ0v) is 11.5. The van der Waals surface area contributed by atoms with E-state index in [2.05, 4.69) is 10.3 Å². The van der Waals surface area contributed by atoms with Crippen LogP contribution in [0.15, 0.2) is 30.6 Å². The molecule has 0 radical (unpaired) electrons. The molecule has 1 fully saturated rings. The number of aliphatic hydroxyl groups is 1. The van der Waals surface area contributed by atoms with Crippen molar-refractivity contribution >= 4 is 11.6 Å². The third kappa shape index (κ3) is 2.54. The molecule has 1 unspecified atom stereocenters. The van der Waals surface area contributed by atoms with Crippen molar-refractivity contribution in [3.8, 4) is 0 Å². The fraction of sp³-hybridized carbons (Fsp3) is 0.467. The molecule has 0 aromatic carbocycles. The maximum absolute atomic E-state index is 12.1. The van der Waals surface area contributed by atoms with E-state index in [-0.39, 0.29) is 18.9 Å². The van der Waals surface area contributed by atoms with Gasteiger partial charge < -0.3 is 14.8 Å². The predicted octanol–water partition coefficient (Wildman–Crippen LogP) is 1.15. The van der Waals surface area contributed by atoms with Gasteiger partial charge in [0.1, 0.15) is 5.65 Å². The van der Waals surface area contributed by atoms with Crippen molar-refractivity contribution in [2.75, 3.05) is 6.61 Å². The summed E-state index contributed by atoms with van der Waals surface area (Å²) in [4.78, 5) is 16.5. The topological polar surface area (TPSA) is 66.6 Å². The second kappa shape index (κ2) is 4.90. The third-order valence-corrected chi connectivity index (χ3v) is 3.99. The highest BCUT2D eigenvalue weighted by molar-refractivity contribution is 5.79. The van der Waals surface area contributed by atoms with Gasteiger partial charge >= 0.3 is 0 Å². The summed E-state index contributed by atoms with van der Waals surface area (Å²) in [6, 6.07) is 5.75. The Labute approximate surface area is 117 Å². The molecule has 1 saturated carbocycles. The number of hydrogen-bond acceptors (Lipinski definition) is 3. The highest BCUT2D eigenvalue weighted by Gasteiger charge is 2.42. The van der Waals surface area contributed by atoms with Gasteiger partial charge in [0.15, 0.2) is 0 Å². The van der Waals surface area contributed by atoms with E-state index in [1.54, 1.807) is 0 Å². The van der Waals surface area contributed by atoms with E-state index in [1.807, 2.05) is 41.9 Å². The van der Waals surface area contributed by atoms with E-state index in [0.29, 0.717) is 5.92 Å². The number of rotatable bonds is 5. The molecule has 20 heavy (non-hydrogen) atoms. The van der Waals surface area contributed by atoms with Gasteiger partial charge in [0.05, 0.1) is 24.3 Å². The quantitative estimate of drug-likeness (QED) is 0.859.